The van der Waals surface area contributed by atoms with Crippen molar-refractivity contribution in [1.29, 1.82) is 0 Å². The highest BCUT2D eigenvalue weighted by Gasteiger charge is 2.27. The normalized spacial score (nSPS) is 22.1. The number of carbonyl (C=O) groups excluding carboxylic acids is 1. The van der Waals surface area contributed by atoms with Gasteiger partial charge in [-0.2, -0.15) is 0 Å². The van der Waals surface area contributed by atoms with Crippen LogP contribution in [0.25, 0.3) is 0 Å². The molecular formula is C15H25N3O2S. The van der Waals surface area contributed by atoms with Crippen LogP contribution in [-0.4, -0.2) is 54.7 Å². The zero-order valence-electron chi connectivity index (χ0n) is 13.3. The van der Waals surface area contributed by atoms with Gasteiger partial charge in [0.05, 0.1) is 11.8 Å². The minimum Gasteiger partial charge on any atom is -0.393 e. The summed E-state index contributed by atoms with van der Waals surface area (Å²) in [4.78, 5) is 21.4. The first-order chi connectivity index (χ1) is 9.90. The van der Waals surface area contributed by atoms with E-state index in [1.165, 1.54) is 11.3 Å². The summed E-state index contributed by atoms with van der Waals surface area (Å²) < 4.78 is 0. The first-order valence-electron chi connectivity index (χ1n) is 7.48. The van der Waals surface area contributed by atoms with E-state index in [0.29, 0.717) is 11.4 Å². The fourth-order valence-corrected chi connectivity index (χ4v) is 3.77. The number of thiazole rings is 1. The summed E-state index contributed by atoms with van der Waals surface area (Å²) in [6.45, 7) is 2.49. The zero-order chi connectivity index (χ0) is 15.6. The van der Waals surface area contributed by atoms with Crippen molar-refractivity contribution in [1.82, 2.24) is 9.88 Å². The first kappa shape index (κ1) is 16.2. The van der Waals surface area contributed by atoms with Crippen LogP contribution in [0.5, 0.6) is 0 Å². The highest BCUT2D eigenvalue weighted by Crippen LogP contribution is 2.28. The van der Waals surface area contributed by atoms with Gasteiger partial charge in [0.1, 0.15) is 4.88 Å². The minimum atomic E-state index is -0.270. The summed E-state index contributed by atoms with van der Waals surface area (Å²) in [5, 5.41) is 10.9. The summed E-state index contributed by atoms with van der Waals surface area (Å²) in [5.74, 6) is 0.213. The monoisotopic (exact) mass is 311 g/mol. The second kappa shape index (κ2) is 6.75. The molecule has 0 spiro atoms. The predicted molar refractivity (Wildman–Crippen MR) is 86.1 cm³/mol. The van der Waals surface area contributed by atoms with Gasteiger partial charge in [-0.25, -0.2) is 4.98 Å². The van der Waals surface area contributed by atoms with E-state index >= 15 is 0 Å². The molecule has 1 aromatic rings. The Morgan fingerprint density at radius 1 is 1.33 bits per heavy atom. The van der Waals surface area contributed by atoms with Gasteiger partial charge in [0.2, 0.25) is 0 Å². The van der Waals surface area contributed by atoms with Crippen molar-refractivity contribution in [2.75, 3.05) is 32.6 Å². The molecule has 2 unspecified atom stereocenters. The molecule has 0 bridgehead atoms. The third-order valence-corrected chi connectivity index (χ3v) is 5.40. The number of nitrogens with zero attached hydrogens (tertiary/aromatic N) is 3. The quantitative estimate of drug-likeness (QED) is 0.925. The number of amides is 1. The molecule has 2 atom stereocenters. The van der Waals surface area contributed by atoms with Crippen molar-refractivity contribution in [3.63, 3.8) is 0 Å². The van der Waals surface area contributed by atoms with Gasteiger partial charge < -0.3 is 14.9 Å². The Bertz CT molecular complexity index is 501. The van der Waals surface area contributed by atoms with E-state index in [0.717, 1.165) is 36.5 Å². The van der Waals surface area contributed by atoms with Crippen molar-refractivity contribution in [3.8, 4) is 0 Å². The van der Waals surface area contributed by atoms with Crippen molar-refractivity contribution < 1.29 is 9.90 Å². The van der Waals surface area contributed by atoms with E-state index in [1.54, 1.807) is 4.90 Å². The van der Waals surface area contributed by atoms with Crippen LogP contribution in [0.2, 0.25) is 0 Å². The fraction of sp³-hybridized carbons (Fsp3) is 0.733. The van der Waals surface area contributed by atoms with Crippen molar-refractivity contribution in [2.24, 2.45) is 5.92 Å². The van der Waals surface area contributed by atoms with Gasteiger partial charge in [0, 0.05) is 33.6 Å². The molecule has 0 radical (unpaired) electrons. The summed E-state index contributed by atoms with van der Waals surface area (Å²) in [6.07, 6.45) is 3.83. The predicted octanol–water partition coefficient (Wildman–Crippen LogP) is 2.14. The molecule has 1 amide bonds. The van der Waals surface area contributed by atoms with Crippen LogP contribution in [0.15, 0.2) is 0 Å². The lowest BCUT2D eigenvalue weighted by atomic mass is 9.86. The van der Waals surface area contributed by atoms with Crippen molar-refractivity contribution >= 4 is 22.4 Å². The second-order valence-electron chi connectivity index (χ2n) is 6.10. The maximum atomic E-state index is 12.6. The van der Waals surface area contributed by atoms with Crippen LogP contribution in [0.3, 0.4) is 0 Å². The van der Waals surface area contributed by atoms with Gasteiger partial charge >= 0.3 is 0 Å². The maximum absolute atomic E-state index is 12.6. The van der Waals surface area contributed by atoms with Gasteiger partial charge in [-0.3, -0.25) is 4.79 Å². The molecule has 1 heterocycles. The zero-order valence-corrected chi connectivity index (χ0v) is 14.1. The Labute approximate surface area is 130 Å². The lowest BCUT2D eigenvalue weighted by Crippen LogP contribution is -2.38. The third kappa shape index (κ3) is 3.74. The summed E-state index contributed by atoms with van der Waals surface area (Å²) in [6, 6.07) is 0. The molecule has 1 aliphatic carbocycles. The standard InChI is InChI=1S/C15H25N3O2S/c1-10-13(21-15(16-10)17(2)3)14(20)18(4)9-11-7-5-6-8-12(11)19/h11-12,19H,5-9H2,1-4H3. The maximum Gasteiger partial charge on any atom is 0.265 e. The van der Waals surface area contributed by atoms with E-state index in [2.05, 4.69) is 4.98 Å². The van der Waals surface area contributed by atoms with E-state index in [-0.39, 0.29) is 17.9 Å². The van der Waals surface area contributed by atoms with Crippen LogP contribution in [-0.2, 0) is 0 Å². The summed E-state index contributed by atoms with van der Waals surface area (Å²) in [5.41, 5.74) is 0.782. The van der Waals surface area contributed by atoms with Crippen LogP contribution in [0.1, 0.15) is 41.0 Å². The molecule has 1 aliphatic rings. The lowest BCUT2D eigenvalue weighted by molar-refractivity contribution is 0.0453. The molecule has 6 heteroatoms. The fourth-order valence-electron chi connectivity index (χ4n) is 2.78. The van der Waals surface area contributed by atoms with Gasteiger partial charge in [-0.05, 0) is 19.8 Å². The van der Waals surface area contributed by atoms with E-state index in [9.17, 15) is 9.90 Å². The molecule has 1 saturated carbocycles. The van der Waals surface area contributed by atoms with Gasteiger partial charge in [0.15, 0.2) is 5.13 Å². The molecule has 0 aliphatic heterocycles. The molecule has 118 valence electrons. The summed E-state index contributed by atoms with van der Waals surface area (Å²) in [7, 11) is 5.67. The number of hydrogen-bond donors (Lipinski definition) is 1. The average molecular weight is 311 g/mol. The Hall–Kier alpha value is -1.14. The topological polar surface area (TPSA) is 56.7 Å². The van der Waals surface area contributed by atoms with Crippen molar-refractivity contribution in [3.05, 3.63) is 10.6 Å². The molecule has 21 heavy (non-hydrogen) atoms. The first-order valence-corrected chi connectivity index (χ1v) is 8.30. The van der Waals surface area contributed by atoms with Crippen molar-refractivity contribution in [2.45, 2.75) is 38.7 Å². The van der Waals surface area contributed by atoms with Gasteiger partial charge in [-0.1, -0.05) is 24.2 Å². The van der Waals surface area contributed by atoms with Crippen LogP contribution < -0.4 is 4.90 Å². The molecule has 0 aromatic carbocycles. The van der Waals surface area contributed by atoms with Gasteiger partial charge in [-0.15, -0.1) is 0 Å². The number of aliphatic hydroxyl groups is 1. The molecule has 1 fully saturated rings. The van der Waals surface area contributed by atoms with E-state index in [1.807, 2.05) is 33.0 Å². The number of anilines is 1. The number of hydrogen-bond acceptors (Lipinski definition) is 5. The smallest absolute Gasteiger partial charge is 0.265 e. The molecule has 2 rings (SSSR count). The van der Waals surface area contributed by atoms with E-state index < -0.39 is 0 Å². The number of carbonyl (C=O) groups is 1. The van der Waals surface area contributed by atoms with E-state index in [4.69, 9.17) is 0 Å². The number of aromatic nitrogens is 1. The molecule has 1 aromatic heterocycles. The highest BCUT2D eigenvalue weighted by molar-refractivity contribution is 7.17. The Balaban J connectivity index is 2.05. The second-order valence-corrected chi connectivity index (χ2v) is 7.08. The molecule has 1 N–H and O–H groups in total. The lowest BCUT2D eigenvalue weighted by Gasteiger charge is -2.31. The minimum absolute atomic E-state index is 0.0101. The molecule has 0 saturated heterocycles. The molecular weight excluding hydrogens is 286 g/mol. The third-order valence-electron chi connectivity index (χ3n) is 4.09. The largest absolute Gasteiger partial charge is 0.393 e. The number of aryl methyl sites for hydroxylation is 1. The number of aliphatic hydroxyl groups excluding tert-OH is 1. The number of rotatable bonds is 4. The van der Waals surface area contributed by atoms with Crippen LogP contribution in [0.4, 0.5) is 5.13 Å². The average Bonchev–Trinajstić information content (AvgIpc) is 2.82. The van der Waals surface area contributed by atoms with Crippen LogP contribution >= 0.6 is 11.3 Å². The molecule has 5 nitrogen and oxygen atoms in total. The SMILES string of the molecule is Cc1nc(N(C)C)sc1C(=O)N(C)CC1CCCCC1O. The Kier molecular flexibility index (Phi) is 5.22. The van der Waals surface area contributed by atoms with Gasteiger partial charge in [0.25, 0.3) is 5.91 Å². The highest BCUT2D eigenvalue weighted by atomic mass is 32.1. The Morgan fingerprint density at radius 3 is 2.57 bits per heavy atom. The summed E-state index contributed by atoms with van der Waals surface area (Å²) >= 11 is 1.43. The Morgan fingerprint density at radius 2 is 2.00 bits per heavy atom. The van der Waals surface area contributed by atoms with Crippen LogP contribution in [0, 0.1) is 12.8 Å².